The van der Waals surface area contributed by atoms with Gasteiger partial charge in [0, 0.05) is 11.1 Å². The normalized spacial score (nSPS) is 23.9. The van der Waals surface area contributed by atoms with Crippen molar-refractivity contribution in [2.24, 2.45) is 0 Å². The highest BCUT2D eigenvalue weighted by molar-refractivity contribution is 6.31. The van der Waals surface area contributed by atoms with E-state index >= 15 is 0 Å². The van der Waals surface area contributed by atoms with Gasteiger partial charge >= 0.3 is 0 Å². The number of fused-ring (bicyclic) bond motifs is 1. The van der Waals surface area contributed by atoms with E-state index in [1.54, 1.807) is 0 Å². The third-order valence-electron chi connectivity index (χ3n) is 4.46. The van der Waals surface area contributed by atoms with Crippen LogP contribution in [0.1, 0.15) is 56.4 Å². The molecular weight excluding hydrogens is 270 g/mol. The molecule has 1 N–H and O–H groups in total. The second kappa shape index (κ2) is 5.05. The van der Waals surface area contributed by atoms with E-state index in [1.165, 1.54) is 49.9 Å². The van der Waals surface area contributed by atoms with Gasteiger partial charge in [0.15, 0.2) is 0 Å². The monoisotopic (exact) mass is 289 g/mol. The van der Waals surface area contributed by atoms with Crippen LogP contribution in [0.4, 0.5) is 0 Å². The largest absolute Gasteiger partial charge is 0.323 e. The van der Waals surface area contributed by atoms with Crippen LogP contribution < -0.4 is 5.32 Å². The second-order valence-corrected chi connectivity index (χ2v) is 6.50. The standard InChI is InChI=1S/C16H20ClN3/c17-11-5-8-13-15(10-11)20(12-6-7-12)16(19-13)14-4-2-1-3-9-18-14/h5,8,10,12,14,18H,1-4,6-7,9H2. The lowest BCUT2D eigenvalue weighted by atomic mass is 10.1. The zero-order valence-corrected chi connectivity index (χ0v) is 12.4. The van der Waals surface area contributed by atoms with Crippen molar-refractivity contribution in [3.8, 4) is 0 Å². The van der Waals surface area contributed by atoms with E-state index < -0.39 is 0 Å². The highest BCUT2D eigenvalue weighted by Gasteiger charge is 2.31. The van der Waals surface area contributed by atoms with Crippen LogP contribution in [0.5, 0.6) is 0 Å². The third-order valence-corrected chi connectivity index (χ3v) is 4.70. The summed E-state index contributed by atoms with van der Waals surface area (Å²) in [6, 6.07) is 7.11. The molecule has 2 fully saturated rings. The summed E-state index contributed by atoms with van der Waals surface area (Å²) in [7, 11) is 0. The van der Waals surface area contributed by atoms with Gasteiger partial charge in [-0.25, -0.2) is 4.98 Å². The molecule has 106 valence electrons. The van der Waals surface area contributed by atoms with Gasteiger partial charge in [-0.15, -0.1) is 0 Å². The molecule has 0 amide bonds. The van der Waals surface area contributed by atoms with Crippen LogP contribution >= 0.6 is 11.6 Å². The van der Waals surface area contributed by atoms with Crippen LogP contribution in [0.2, 0.25) is 5.02 Å². The lowest BCUT2D eigenvalue weighted by Gasteiger charge is -2.17. The number of hydrogen-bond acceptors (Lipinski definition) is 2. The Balaban J connectivity index is 1.82. The van der Waals surface area contributed by atoms with E-state index in [0.717, 1.165) is 17.1 Å². The molecule has 1 saturated heterocycles. The van der Waals surface area contributed by atoms with E-state index in [9.17, 15) is 0 Å². The van der Waals surface area contributed by atoms with E-state index in [4.69, 9.17) is 16.6 Å². The first kappa shape index (κ1) is 12.7. The van der Waals surface area contributed by atoms with Gasteiger partial charge < -0.3 is 9.88 Å². The fraction of sp³-hybridized carbons (Fsp3) is 0.562. The molecule has 1 atom stereocenters. The molecule has 0 radical (unpaired) electrons. The summed E-state index contributed by atoms with van der Waals surface area (Å²) in [5, 5.41) is 4.49. The summed E-state index contributed by atoms with van der Waals surface area (Å²) in [5.74, 6) is 1.23. The van der Waals surface area contributed by atoms with Crippen LogP contribution in [-0.2, 0) is 0 Å². The first-order valence-electron chi connectivity index (χ1n) is 7.74. The maximum atomic E-state index is 6.18. The van der Waals surface area contributed by atoms with Gasteiger partial charge in [0.25, 0.3) is 0 Å². The van der Waals surface area contributed by atoms with Crippen LogP contribution in [-0.4, -0.2) is 16.1 Å². The van der Waals surface area contributed by atoms with Crippen molar-refractivity contribution in [3.05, 3.63) is 29.0 Å². The van der Waals surface area contributed by atoms with Crippen molar-refractivity contribution in [2.75, 3.05) is 6.54 Å². The molecule has 1 aromatic carbocycles. The molecule has 4 rings (SSSR count). The third kappa shape index (κ3) is 2.23. The predicted molar refractivity (Wildman–Crippen MR) is 82.2 cm³/mol. The van der Waals surface area contributed by atoms with Crippen LogP contribution in [0.3, 0.4) is 0 Å². The number of rotatable bonds is 2. The van der Waals surface area contributed by atoms with Crippen LogP contribution in [0.25, 0.3) is 11.0 Å². The van der Waals surface area contributed by atoms with E-state index in [0.29, 0.717) is 12.1 Å². The van der Waals surface area contributed by atoms with Gasteiger partial charge in [-0.3, -0.25) is 0 Å². The Morgan fingerprint density at radius 3 is 2.90 bits per heavy atom. The maximum Gasteiger partial charge on any atom is 0.127 e. The van der Waals surface area contributed by atoms with Crippen molar-refractivity contribution in [1.82, 2.24) is 14.9 Å². The van der Waals surface area contributed by atoms with Crippen molar-refractivity contribution >= 4 is 22.6 Å². The van der Waals surface area contributed by atoms with Crippen molar-refractivity contribution in [3.63, 3.8) is 0 Å². The highest BCUT2D eigenvalue weighted by Crippen LogP contribution is 2.41. The Labute approximate surface area is 124 Å². The molecule has 3 nitrogen and oxygen atoms in total. The molecule has 20 heavy (non-hydrogen) atoms. The number of hydrogen-bond donors (Lipinski definition) is 1. The fourth-order valence-electron chi connectivity index (χ4n) is 3.30. The summed E-state index contributed by atoms with van der Waals surface area (Å²) in [4.78, 5) is 4.92. The lowest BCUT2D eigenvalue weighted by Crippen LogP contribution is -2.23. The van der Waals surface area contributed by atoms with Crippen LogP contribution in [0.15, 0.2) is 18.2 Å². The topological polar surface area (TPSA) is 29.9 Å². The molecule has 1 unspecified atom stereocenters. The van der Waals surface area contributed by atoms with E-state index in [-0.39, 0.29) is 0 Å². The minimum absolute atomic E-state index is 0.407. The minimum Gasteiger partial charge on any atom is -0.323 e. The highest BCUT2D eigenvalue weighted by atomic mass is 35.5. The quantitative estimate of drug-likeness (QED) is 0.896. The van der Waals surface area contributed by atoms with Crippen molar-refractivity contribution in [1.29, 1.82) is 0 Å². The fourth-order valence-corrected chi connectivity index (χ4v) is 3.46. The Hall–Kier alpha value is -1.06. The van der Waals surface area contributed by atoms with Gasteiger partial charge in [0.2, 0.25) is 0 Å². The van der Waals surface area contributed by atoms with Crippen molar-refractivity contribution < 1.29 is 0 Å². The lowest BCUT2D eigenvalue weighted by molar-refractivity contribution is 0.484. The molecule has 1 saturated carbocycles. The zero-order chi connectivity index (χ0) is 13.5. The Bertz CT molecular complexity index is 622. The number of aromatic nitrogens is 2. The summed E-state index contributed by atoms with van der Waals surface area (Å²) in [6.07, 6.45) is 7.66. The van der Waals surface area contributed by atoms with Crippen molar-refractivity contribution in [2.45, 2.75) is 50.6 Å². The van der Waals surface area contributed by atoms with Gasteiger partial charge in [0.1, 0.15) is 5.82 Å². The molecule has 1 aromatic heterocycles. The molecule has 2 aliphatic rings. The second-order valence-electron chi connectivity index (χ2n) is 6.06. The van der Waals surface area contributed by atoms with Gasteiger partial charge in [-0.05, 0) is 50.4 Å². The number of imidazole rings is 1. The Morgan fingerprint density at radius 1 is 1.15 bits per heavy atom. The first-order chi connectivity index (χ1) is 9.83. The maximum absolute atomic E-state index is 6.18. The zero-order valence-electron chi connectivity index (χ0n) is 11.6. The first-order valence-corrected chi connectivity index (χ1v) is 8.11. The smallest absolute Gasteiger partial charge is 0.127 e. The number of benzene rings is 1. The number of halogens is 1. The predicted octanol–water partition coefficient (Wildman–Crippen LogP) is 4.23. The summed E-state index contributed by atoms with van der Waals surface area (Å²) >= 11 is 6.18. The summed E-state index contributed by atoms with van der Waals surface area (Å²) in [5.41, 5.74) is 2.29. The van der Waals surface area contributed by atoms with Gasteiger partial charge in [0.05, 0.1) is 17.1 Å². The average Bonchev–Trinajstić information content (AvgIpc) is 3.24. The Morgan fingerprint density at radius 2 is 2.05 bits per heavy atom. The summed E-state index contributed by atoms with van der Waals surface area (Å²) in [6.45, 7) is 1.11. The minimum atomic E-state index is 0.407. The van der Waals surface area contributed by atoms with Gasteiger partial charge in [-0.2, -0.15) is 0 Å². The molecule has 1 aliphatic carbocycles. The molecule has 0 spiro atoms. The molecule has 1 aliphatic heterocycles. The van der Waals surface area contributed by atoms with E-state index in [2.05, 4.69) is 22.0 Å². The summed E-state index contributed by atoms with van der Waals surface area (Å²) < 4.78 is 2.45. The number of nitrogens with zero attached hydrogens (tertiary/aromatic N) is 2. The average molecular weight is 290 g/mol. The number of nitrogens with one attached hydrogen (secondary N) is 1. The molecule has 2 heterocycles. The van der Waals surface area contributed by atoms with Crippen LogP contribution in [0, 0.1) is 0 Å². The van der Waals surface area contributed by atoms with E-state index in [1.807, 2.05) is 6.07 Å². The molecule has 0 bridgehead atoms. The molecular formula is C16H20ClN3. The Kier molecular flexibility index (Phi) is 3.20. The molecule has 2 aromatic rings. The molecule has 4 heteroatoms. The SMILES string of the molecule is Clc1ccc2nc(C3CCCCCN3)n(C3CC3)c2c1. The van der Waals surface area contributed by atoms with Gasteiger partial charge in [-0.1, -0.05) is 24.4 Å².